The van der Waals surface area contributed by atoms with E-state index >= 15 is 0 Å². The van der Waals surface area contributed by atoms with Gasteiger partial charge in [-0.1, -0.05) is 33.1 Å². The van der Waals surface area contributed by atoms with Crippen LogP contribution in [0.3, 0.4) is 0 Å². The Kier molecular flexibility index (Phi) is 6.62. The highest BCUT2D eigenvalue weighted by atomic mass is 16.2. The quantitative estimate of drug-likeness (QED) is 0.795. The molecule has 1 aromatic rings. The molecule has 2 rings (SSSR count). The number of amides is 2. The van der Waals surface area contributed by atoms with Crippen LogP contribution in [0, 0.1) is 5.92 Å². The van der Waals surface area contributed by atoms with Crippen molar-refractivity contribution in [1.29, 1.82) is 0 Å². The Bertz CT molecular complexity index is 584. The van der Waals surface area contributed by atoms with Gasteiger partial charge >= 0.3 is 0 Å². The van der Waals surface area contributed by atoms with E-state index in [-0.39, 0.29) is 11.8 Å². The summed E-state index contributed by atoms with van der Waals surface area (Å²) in [4.78, 5) is 27.7. The van der Waals surface area contributed by atoms with Crippen LogP contribution in [0.15, 0.2) is 6.07 Å². The fourth-order valence-electron chi connectivity index (χ4n) is 3.66. The maximum Gasteiger partial charge on any atom is 0.272 e. The molecule has 6 nitrogen and oxygen atoms in total. The van der Waals surface area contributed by atoms with Crippen LogP contribution in [0.2, 0.25) is 0 Å². The third kappa shape index (κ3) is 4.61. The zero-order valence-corrected chi connectivity index (χ0v) is 16.0. The zero-order valence-electron chi connectivity index (χ0n) is 16.0. The number of hydrogen-bond acceptors (Lipinski definition) is 3. The van der Waals surface area contributed by atoms with Gasteiger partial charge in [-0.3, -0.25) is 14.7 Å². The second-order valence-electron chi connectivity index (χ2n) is 7.45. The Morgan fingerprint density at radius 3 is 2.44 bits per heavy atom. The Hall–Kier alpha value is -1.85. The third-order valence-corrected chi connectivity index (χ3v) is 5.01. The number of carbonyl (C=O) groups is 2. The van der Waals surface area contributed by atoms with Crippen molar-refractivity contribution in [3.05, 3.63) is 17.5 Å². The molecule has 0 aromatic carbocycles. The van der Waals surface area contributed by atoms with E-state index in [2.05, 4.69) is 29.4 Å². The summed E-state index contributed by atoms with van der Waals surface area (Å²) in [6, 6.07) is 1.80. The van der Waals surface area contributed by atoms with E-state index in [9.17, 15) is 9.59 Å². The average molecular weight is 348 g/mol. The minimum Gasteiger partial charge on any atom is -0.341 e. The number of aromatic nitrogens is 2. The summed E-state index contributed by atoms with van der Waals surface area (Å²) in [5.41, 5.74) is 0.541. The average Bonchev–Trinajstić information content (AvgIpc) is 3.04. The summed E-state index contributed by atoms with van der Waals surface area (Å²) in [7, 11) is 0. The van der Waals surface area contributed by atoms with Crippen LogP contribution in [-0.2, 0) is 11.2 Å². The number of nitrogens with zero attached hydrogens (tertiary/aromatic N) is 2. The lowest BCUT2D eigenvalue weighted by molar-refractivity contribution is -0.139. The van der Waals surface area contributed by atoms with Crippen molar-refractivity contribution >= 4 is 11.8 Å². The molecule has 0 spiro atoms. The molecule has 0 bridgehead atoms. The first-order valence-corrected chi connectivity index (χ1v) is 9.58. The topological polar surface area (TPSA) is 78.1 Å². The number of aromatic amines is 1. The Balaban J connectivity index is 2.17. The molecule has 1 aliphatic rings. The molecule has 0 atom stereocenters. The summed E-state index contributed by atoms with van der Waals surface area (Å²) >= 11 is 0. The largest absolute Gasteiger partial charge is 0.341 e. The van der Waals surface area contributed by atoms with Gasteiger partial charge in [0.05, 0.1) is 0 Å². The van der Waals surface area contributed by atoms with Gasteiger partial charge in [0.25, 0.3) is 5.91 Å². The molecule has 25 heavy (non-hydrogen) atoms. The molecule has 1 fully saturated rings. The lowest BCUT2D eigenvalue weighted by atomic mass is 9.80. The monoisotopic (exact) mass is 348 g/mol. The Morgan fingerprint density at radius 1 is 1.24 bits per heavy atom. The number of rotatable bonds is 7. The van der Waals surface area contributed by atoms with Gasteiger partial charge in [0, 0.05) is 18.8 Å². The Morgan fingerprint density at radius 2 is 1.88 bits per heavy atom. The Labute approximate surface area is 150 Å². The van der Waals surface area contributed by atoms with Crippen molar-refractivity contribution in [1.82, 2.24) is 20.4 Å². The van der Waals surface area contributed by atoms with Gasteiger partial charge in [0.1, 0.15) is 11.2 Å². The van der Waals surface area contributed by atoms with E-state index < -0.39 is 5.54 Å². The van der Waals surface area contributed by atoms with Crippen molar-refractivity contribution in [3.63, 3.8) is 0 Å². The molecule has 1 saturated carbocycles. The van der Waals surface area contributed by atoms with Crippen molar-refractivity contribution in [3.8, 4) is 0 Å². The number of carbonyl (C=O) groups excluding carboxylic acids is 2. The van der Waals surface area contributed by atoms with Gasteiger partial charge in [-0.15, -0.1) is 0 Å². The predicted molar refractivity (Wildman–Crippen MR) is 98.3 cm³/mol. The van der Waals surface area contributed by atoms with Crippen LogP contribution >= 0.6 is 0 Å². The second-order valence-corrected chi connectivity index (χ2v) is 7.45. The van der Waals surface area contributed by atoms with E-state index in [1.807, 2.05) is 18.7 Å². The fourth-order valence-corrected chi connectivity index (χ4v) is 3.66. The molecule has 1 heterocycles. The fraction of sp³-hybridized carbons (Fsp3) is 0.737. The molecule has 140 valence electrons. The molecule has 6 heteroatoms. The highest BCUT2D eigenvalue weighted by Crippen LogP contribution is 2.30. The van der Waals surface area contributed by atoms with Crippen LogP contribution < -0.4 is 5.32 Å². The van der Waals surface area contributed by atoms with Crippen molar-refractivity contribution < 1.29 is 9.59 Å². The highest BCUT2D eigenvalue weighted by molar-refractivity contribution is 5.98. The van der Waals surface area contributed by atoms with Gasteiger partial charge in [-0.25, -0.2) is 0 Å². The first kappa shape index (κ1) is 19.5. The van der Waals surface area contributed by atoms with Crippen molar-refractivity contribution in [2.45, 2.75) is 71.8 Å². The molecule has 1 aliphatic carbocycles. The third-order valence-electron chi connectivity index (χ3n) is 5.01. The van der Waals surface area contributed by atoms with E-state index in [0.29, 0.717) is 37.5 Å². The smallest absolute Gasteiger partial charge is 0.272 e. The van der Waals surface area contributed by atoms with Crippen LogP contribution in [0.25, 0.3) is 0 Å². The minimum absolute atomic E-state index is 0.0449. The van der Waals surface area contributed by atoms with Crippen LogP contribution in [-0.4, -0.2) is 45.5 Å². The molecular weight excluding hydrogens is 316 g/mol. The standard InChI is InChI=1S/C19H32N4O2/c1-5-23(6-2)18(25)19(10-8-7-9-11-19)20-17(24)16-13-15(21-22-16)12-14(3)4/h13-14H,5-12H2,1-4H3,(H,20,24)(H,21,22). The van der Waals surface area contributed by atoms with Gasteiger partial charge in [-0.2, -0.15) is 5.10 Å². The maximum absolute atomic E-state index is 13.1. The summed E-state index contributed by atoms with van der Waals surface area (Å²) < 4.78 is 0. The zero-order chi connectivity index (χ0) is 18.4. The molecule has 0 unspecified atom stereocenters. The van der Waals surface area contributed by atoms with Crippen LogP contribution in [0.1, 0.15) is 76.0 Å². The molecule has 1 aromatic heterocycles. The van der Waals surface area contributed by atoms with Gasteiger partial charge in [0.15, 0.2) is 0 Å². The number of likely N-dealkylation sites (N-methyl/N-ethyl adjacent to an activating group) is 1. The van der Waals surface area contributed by atoms with Crippen LogP contribution in [0.5, 0.6) is 0 Å². The lowest BCUT2D eigenvalue weighted by Gasteiger charge is -2.39. The number of hydrogen-bond donors (Lipinski definition) is 2. The van der Waals surface area contributed by atoms with Gasteiger partial charge < -0.3 is 10.2 Å². The number of nitrogens with one attached hydrogen (secondary N) is 2. The summed E-state index contributed by atoms with van der Waals surface area (Å²) in [6.07, 6.45) is 5.31. The first-order chi connectivity index (χ1) is 11.9. The van der Waals surface area contributed by atoms with E-state index in [1.165, 1.54) is 0 Å². The van der Waals surface area contributed by atoms with E-state index in [0.717, 1.165) is 31.4 Å². The maximum atomic E-state index is 13.1. The second kappa shape index (κ2) is 8.50. The molecule has 2 amide bonds. The van der Waals surface area contributed by atoms with Crippen molar-refractivity contribution in [2.24, 2.45) is 5.92 Å². The highest BCUT2D eigenvalue weighted by Gasteiger charge is 2.43. The first-order valence-electron chi connectivity index (χ1n) is 9.58. The van der Waals surface area contributed by atoms with E-state index in [4.69, 9.17) is 0 Å². The summed E-state index contributed by atoms with van der Waals surface area (Å²) in [5.74, 6) is 0.280. The van der Waals surface area contributed by atoms with Gasteiger partial charge in [0.2, 0.25) is 5.91 Å². The summed E-state index contributed by atoms with van der Waals surface area (Å²) in [6.45, 7) is 9.53. The number of H-pyrrole nitrogens is 1. The summed E-state index contributed by atoms with van der Waals surface area (Å²) in [5, 5.41) is 10.1. The molecule has 0 radical (unpaired) electrons. The molecular formula is C19H32N4O2. The normalized spacial score (nSPS) is 16.7. The lowest BCUT2D eigenvalue weighted by Crippen LogP contribution is -2.60. The van der Waals surface area contributed by atoms with Gasteiger partial charge in [-0.05, 0) is 45.1 Å². The predicted octanol–water partition coefficient (Wildman–Crippen LogP) is 2.91. The van der Waals surface area contributed by atoms with E-state index in [1.54, 1.807) is 6.07 Å². The molecule has 0 saturated heterocycles. The van der Waals surface area contributed by atoms with Crippen molar-refractivity contribution in [2.75, 3.05) is 13.1 Å². The minimum atomic E-state index is -0.779. The molecule has 2 N–H and O–H groups in total. The van der Waals surface area contributed by atoms with Crippen LogP contribution in [0.4, 0.5) is 0 Å². The SMILES string of the molecule is CCN(CC)C(=O)C1(NC(=O)c2cc(CC(C)C)[nH]n2)CCCCC1. The molecule has 0 aliphatic heterocycles.